The van der Waals surface area contributed by atoms with Gasteiger partial charge in [0, 0.05) is 12.1 Å². The maximum absolute atomic E-state index is 12.0. The van der Waals surface area contributed by atoms with Crippen LogP contribution in [0.2, 0.25) is 0 Å². The average Bonchev–Trinajstić information content (AvgIpc) is 2.54. The molecule has 5 nitrogen and oxygen atoms in total. The van der Waals surface area contributed by atoms with E-state index < -0.39 is 0 Å². The molecule has 0 fully saturated rings. The number of ether oxygens (including phenoxy) is 2. The highest BCUT2D eigenvalue weighted by atomic mass is 16.5. The predicted octanol–water partition coefficient (Wildman–Crippen LogP) is 2.92. The van der Waals surface area contributed by atoms with E-state index in [0.717, 1.165) is 12.8 Å². The Labute approximate surface area is 131 Å². The second kappa shape index (κ2) is 9.46. The number of amides is 1. The number of methoxy groups -OCH3 is 1. The summed E-state index contributed by atoms with van der Waals surface area (Å²) in [6.45, 7) is 4.93. The molecule has 0 aliphatic rings. The SMILES string of the molecule is CCCCNC(=O)/C(C#N)=C\c1cccc(OC)c1OCC. The number of para-hydroxylation sites is 1. The lowest BCUT2D eigenvalue weighted by atomic mass is 10.1. The van der Waals surface area contributed by atoms with Gasteiger partial charge in [-0.3, -0.25) is 4.79 Å². The van der Waals surface area contributed by atoms with Gasteiger partial charge in [0.05, 0.1) is 13.7 Å². The lowest BCUT2D eigenvalue weighted by Crippen LogP contribution is -2.25. The van der Waals surface area contributed by atoms with E-state index in [4.69, 9.17) is 9.47 Å². The molecule has 1 aromatic carbocycles. The summed E-state index contributed by atoms with van der Waals surface area (Å²) in [5, 5.41) is 11.9. The highest BCUT2D eigenvalue weighted by Crippen LogP contribution is 2.32. The number of carbonyl (C=O) groups excluding carboxylic acids is 1. The summed E-state index contributed by atoms with van der Waals surface area (Å²) in [6.07, 6.45) is 3.39. The van der Waals surface area contributed by atoms with Crippen molar-refractivity contribution in [3.8, 4) is 17.6 Å². The molecule has 0 heterocycles. The first-order chi connectivity index (χ1) is 10.7. The monoisotopic (exact) mass is 302 g/mol. The Balaban J connectivity index is 3.07. The van der Waals surface area contributed by atoms with Gasteiger partial charge in [-0.1, -0.05) is 25.5 Å². The zero-order valence-corrected chi connectivity index (χ0v) is 13.3. The molecule has 118 valence electrons. The first-order valence-corrected chi connectivity index (χ1v) is 7.37. The van der Waals surface area contributed by atoms with Crippen molar-refractivity contribution in [2.45, 2.75) is 26.7 Å². The van der Waals surface area contributed by atoms with Crippen LogP contribution in [0.1, 0.15) is 32.3 Å². The minimum absolute atomic E-state index is 0.0466. The number of rotatable bonds is 8. The molecule has 1 amide bonds. The van der Waals surface area contributed by atoms with Crippen molar-refractivity contribution in [3.05, 3.63) is 29.3 Å². The molecule has 0 aliphatic carbocycles. The average molecular weight is 302 g/mol. The van der Waals surface area contributed by atoms with E-state index >= 15 is 0 Å². The Kier molecular flexibility index (Phi) is 7.55. The summed E-state index contributed by atoms with van der Waals surface area (Å²) in [4.78, 5) is 12.0. The molecule has 0 spiro atoms. The van der Waals surface area contributed by atoms with Crippen LogP contribution in [0.15, 0.2) is 23.8 Å². The zero-order valence-electron chi connectivity index (χ0n) is 13.3. The molecule has 1 N–H and O–H groups in total. The van der Waals surface area contributed by atoms with Crippen LogP contribution in [0, 0.1) is 11.3 Å². The van der Waals surface area contributed by atoms with E-state index in [2.05, 4.69) is 5.32 Å². The molecular weight excluding hydrogens is 280 g/mol. The molecule has 22 heavy (non-hydrogen) atoms. The second-order valence-electron chi connectivity index (χ2n) is 4.59. The molecule has 0 radical (unpaired) electrons. The van der Waals surface area contributed by atoms with Gasteiger partial charge in [-0.05, 0) is 25.5 Å². The Morgan fingerprint density at radius 3 is 2.77 bits per heavy atom. The third-order valence-corrected chi connectivity index (χ3v) is 3.00. The molecule has 0 aromatic heterocycles. The van der Waals surface area contributed by atoms with E-state index in [1.165, 1.54) is 6.08 Å². The molecule has 0 atom stereocenters. The fourth-order valence-electron chi connectivity index (χ4n) is 1.88. The first kappa shape index (κ1) is 17.6. The van der Waals surface area contributed by atoms with Crippen molar-refractivity contribution in [3.63, 3.8) is 0 Å². The number of unbranched alkanes of at least 4 members (excludes halogenated alkanes) is 1. The largest absolute Gasteiger partial charge is 0.493 e. The zero-order chi connectivity index (χ0) is 16.4. The van der Waals surface area contributed by atoms with Crippen LogP contribution in [0.25, 0.3) is 6.08 Å². The van der Waals surface area contributed by atoms with E-state index in [0.29, 0.717) is 30.2 Å². The van der Waals surface area contributed by atoms with Crippen LogP contribution in [-0.2, 0) is 4.79 Å². The van der Waals surface area contributed by atoms with Gasteiger partial charge >= 0.3 is 0 Å². The summed E-state index contributed by atoms with van der Waals surface area (Å²) in [6, 6.07) is 7.28. The van der Waals surface area contributed by atoms with Gasteiger partial charge in [-0.2, -0.15) is 5.26 Å². The van der Waals surface area contributed by atoms with Crippen molar-refractivity contribution in [1.82, 2.24) is 5.32 Å². The number of nitrogens with zero attached hydrogens (tertiary/aromatic N) is 1. The third-order valence-electron chi connectivity index (χ3n) is 3.00. The van der Waals surface area contributed by atoms with Crippen molar-refractivity contribution < 1.29 is 14.3 Å². The molecular formula is C17H22N2O3. The third kappa shape index (κ3) is 4.81. The Morgan fingerprint density at radius 1 is 1.41 bits per heavy atom. The molecule has 1 aromatic rings. The fraction of sp³-hybridized carbons (Fsp3) is 0.412. The fourth-order valence-corrected chi connectivity index (χ4v) is 1.88. The molecule has 0 unspecified atom stereocenters. The highest BCUT2D eigenvalue weighted by molar-refractivity contribution is 6.02. The molecule has 0 saturated heterocycles. The van der Waals surface area contributed by atoms with Gasteiger partial charge in [-0.15, -0.1) is 0 Å². The molecule has 1 rings (SSSR count). The lowest BCUT2D eigenvalue weighted by molar-refractivity contribution is -0.117. The van der Waals surface area contributed by atoms with E-state index in [-0.39, 0.29) is 11.5 Å². The standard InChI is InChI=1S/C17H22N2O3/c1-4-6-10-19-17(20)14(12-18)11-13-8-7-9-15(21-3)16(13)22-5-2/h7-9,11H,4-6,10H2,1-3H3,(H,19,20)/b14-11-. The number of nitriles is 1. The second-order valence-corrected chi connectivity index (χ2v) is 4.59. The smallest absolute Gasteiger partial charge is 0.261 e. The number of nitrogens with one attached hydrogen (secondary N) is 1. The summed E-state index contributed by atoms with van der Waals surface area (Å²) in [5.74, 6) is 0.724. The van der Waals surface area contributed by atoms with Crippen LogP contribution in [0.3, 0.4) is 0 Å². The van der Waals surface area contributed by atoms with Gasteiger partial charge < -0.3 is 14.8 Å². The van der Waals surface area contributed by atoms with Gasteiger partial charge in [0.25, 0.3) is 5.91 Å². The molecule has 0 aliphatic heterocycles. The Morgan fingerprint density at radius 2 is 2.18 bits per heavy atom. The molecule has 0 saturated carbocycles. The van der Waals surface area contributed by atoms with Crippen LogP contribution in [0.4, 0.5) is 0 Å². The number of hydrogen-bond acceptors (Lipinski definition) is 4. The summed E-state index contributed by atoms with van der Waals surface area (Å²) in [5.41, 5.74) is 0.689. The Hall–Kier alpha value is -2.48. The number of carbonyl (C=O) groups is 1. The van der Waals surface area contributed by atoms with Crippen LogP contribution < -0.4 is 14.8 Å². The summed E-state index contributed by atoms with van der Waals surface area (Å²) in [7, 11) is 1.55. The maximum Gasteiger partial charge on any atom is 0.261 e. The van der Waals surface area contributed by atoms with Gasteiger partial charge in [0.15, 0.2) is 11.5 Å². The minimum Gasteiger partial charge on any atom is -0.493 e. The topological polar surface area (TPSA) is 71.4 Å². The highest BCUT2D eigenvalue weighted by Gasteiger charge is 2.13. The van der Waals surface area contributed by atoms with Gasteiger partial charge in [0.2, 0.25) is 0 Å². The molecule has 0 bridgehead atoms. The van der Waals surface area contributed by atoms with Crippen molar-refractivity contribution in [1.29, 1.82) is 5.26 Å². The first-order valence-electron chi connectivity index (χ1n) is 7.37. The van der Waals surface area contributed by atoms with Gasteiger partial charge in [-0.25, -0.2) is 0 Å². The van der Waals surface area contributed by atoms with Crippen LogP contribution in [0.5, 0.6) is 11.5 Å². The van der Waals surface area contributed by atoms with Gasteiger partial charge in [0.1, 0.15) is 11.6 Å². The van der Waals surface area contributed by atoms with E-state index in [1.54, 1.807) is 25.3 Å². The van der Waals surface area contributed by atoms with Crippen molar-refractivity contribution in [2.24, 2.45) is 0 Å². The minimum atomic E-state index is -0.374. The normalized spacial score (nSPS) is 10.7. The van der Waals surface area contributed by atoms with Crippen molar-refractivity contribution in [2.75, 3.05) is 20.3 Å². The van der Waals surface area contributed by atoms with E-state index in [1.807, 2.05) is 19.9 Å². The van der Waals surface area contributed by atoms with Crippen molar-refractivity contribution >= 4 is 12.0 Å². The summed E-state index contributed by atoms with van der Waals surface area (Å²) < 4.78 is 10.8. The Bertz CT molecular complexity index is 574. The van der Waals surface area contributed by atoms with E-state index in [9.17, 15) is 10.1 Å². The summed E-state index contributed by atoms with van der Waals surface area (Å²) >= 11 is 0. The number of benzene rings is 1. The van der Waals surface area contributed by atoms with Crippen LogP contribution in [-0.4, -0.2) is 26.2 Å². The molecule has 5 heteroatoms. The van der Waals surface area contributed by atoms with Crippen LogP contribution >= 0.6 is 0 Å². The maximum atomic E-state index is 12.0. The predicted molar refractivity (Wildman–Crippen MR) is 85.7 cm³/mol. The number of hydrogen-bond donors (Lipinski definition) is 1. The lowest BCUT2D eigenvalue weighted by Gasteiger charge is -2.12. The quantitative estimate of drug-likeness (QED) is 0.455.